The van der Waals surface area contributed by atoms with Crippen LogP contribution in [0.5, 0.6) is 5.75 Å². The topological polar surface area (TPSA) is 96.1 Å². The Morgan fingerprint density at radius 2 is 1.65 bits per heavy atom. The lowest BCUT2D eigenvalue weighted by Crippen LogP contribution is -2.57. The first kappa shape index (κ1) is 30.0. The molecule has 2 aliphatic heterocycles. The smallest absolute Gasteiger partial charge is 0.430 e. The van der Waals surface area contributed by atoms with Gasteiger partial charge in [-0.2, -0.15) is 13.2 Å². The average molecular weight is 582 g/mol. The highest BCUT2D eigenvalue weighted by Crippen LogP contribution is 2.42. The van der Waals surface area contributed by atoms with Gasteiger partial charge in [-0.15, -0.1) is 0 Å². The molecular formula is C29H35ClF3N3O4. The summed E-state index contributed by atoms with van der Waals surface area (Å²) in [5.74, 6) is -0.989. The van der Waals surface area contributed by atoms with Gasteiger partial charge in [-0.05, 0) is 81.2 Å². The highest BCUT2D eigenvalue weighted by Gasteiger charge is 2.62. The largest absolute Gasteiger partial charge is 0.494 e. The normalized spacial score (nSPS) is 18.9. The fourth-order valence-corrected chi connectivity index (χ4v) is 6.05. The van der Waals surface area contributed by atoms with Crippen molar-refractivity contribution in [2.45, 2.75) is 50.8 Å². The maximum atomic E-state index is 14.2. The second-order valence-corrected chi connectivity index (χ2v) is 11.0. The molecule has 0 radical (unpaired) electrons. The number of rotatable bonds is 8. The highest BCUT2D eigenvalue weighted by molar-refractivity contribution is 6.34. The molecule has 0 bridgehead atoms. The van der Waals surface area contributed by atoms with Crippen LogP contribution in [0, 0.1) is 11.8 Å². The predicted molar refractivity (Wildman–Crippen MR) is 146 cm³/mol. The van der Waals surface area contributed by atoms with E-state index in [0.717, 1.165) is 55.1 Å². The van der Waals surface area contributed by atoms with E-state index in [1.807, 2.05) is 6.07 Å². The summed E-state index contributed by atoms with van der Waals surface area (Å²) in [6, 6.07) is 10.2. The van der Waals surface area contributed by atoms with Gasteiger partial charge >= 0.3 is 6.18 Å². The van der Waals surface area contributed by atoms with Crippen LogP contribution in [0.25, 0.3) is 0 Å². The minimum absolute atomic E-state index is 0.158. The first-order valence-electron chi connectivity index (χ1n) is 13.6. The molecule has 2 aromatic carbocycles. The molecule has 0 aliphatic carbocycles. The van der Waals surface area contributed by atoms with Crippen molar-refractivity contribution in [3.8, 4) is 5.75 Å². The number of halogens is 4. The molecule has 1 atom stereocenters. The summed E-state index contributed by atoms with van der Waals surface area (Å²) in [6.45, 7) is 3.92. The first-order valence-corrected chi connectivity index (χ1v) is 14.0. The Morgan fingerprint density at radius 1 is 1.02 bits per heavy atom. The number of carbonyl (C=O) groups is 2. The van der Waals surface area contributed by atoms with Crippen LogP contribution in [0.4, 0.5) is 18.9 Å². The Kier molecular flexibility index (Phi) is 9.19. The molecule has 4 rings (SSSR count). The Labute approximate surface area is 237 Å². The monoisotopic (exact) mass is 581 g/mol. The summed E-state index contributed by atoms with van der Waals surface area (Å²) >= 11 is 6.20. The number of nitrogens with two attached hydrogens (primary N) is 1. The van der Waals surface area contributed by atoms with Crippen molar-refractivity contribution in [2.75, 3.05) is 37.7 Å². The summed E-state index contributed by atoms with van der Waals surface area (Å²) in [5, 5.41) is 11.2. The molecule has 0 unspecified atom stereocenters. The first-order chi connectivity index (χ1) is 18.9. The van der Waals surface area contributed by atoms with Crippen molar-refractivity contribution >= 4 is 29.1 Å². The molecule has 3 N–H and O–H groups in total. The lowest BCUT2D eigenvalue weighted by Gasteiger charge is -2.40. The van der Waals surface area contributed by atoms with Gasteiger partial charge in [0, 0.05) is 37.4 Å². The van der Waals surface area contributed by atoms with Crippen LogP contribution in [0.1, 0.15) is 54.9 Å². The van der Waals surface area contributed by atoms with Gasteiger partial charge in [0.15, 0.2) is 0 Å². The number of hydrogen-bond donors (Lipinski definition) is 2. The number of carbonyl (C=O) groups excluding carboxylic acids is 2. The van der Waals surface area contributed by atoms with Crippen LogP contribution in [0.15, 0.2) is 42.5 Å². The van der Waals surface area contributed by atoms with Crippen molar-refractivity contribution in [1.82, 2.24) is 4.90 Å². The van der Waals surface area contributed by atoms with Gasteiger partial charge in [0.25, 0.3) is 11.5 Å². The summed E-state index contributed by atoms with van der Waals surface area (Å²) in [6.07, 6.45) is -1.16. The molecule has 2 fully saturated rings. The number of alkyl halides is 3. The van der Waals surface area contributed by atoms with Crippen molar-refractivity contribution < 1.29 is 32.6 Å². The van der Waals surface area contributed by atoms with Crippen LogP contribution < -0.4 is 15.4 Å². The zero-order valence-electron chi connectivity index (χ0n) is 22.4. The van der Waals surface area contributed by atoms with Crippen LogP contribution in [0.2, 0.25) is 5.02 Å². The van der Waals surface area contributed by atoms with Crippen LogP contribution in [0.3, 0.4) is 0 Å². The molecule has 2 amide bonds. The second kappa shape index (κ2) is 12.3. The molecule has 0 saturated carbocycles. The minimum Gasteiger partial charge on any atom is -0.494 e. The van der Waals surface area contributed by atoms with Crippen molar-refractivity contribution in [2.24, 2.45) is 17.6 Å². The molecule has 7 nitrogen and oxygen atoms in total. The van der Waals surface area contributed by atoms with Gasteiger partial charge in [0.05, 0.1) is 17.2 Å². The van der Waals surface area contributed by atoms with Crippen molar-refractivity contribution in [1.29, 1.82) is 0 Å². The van der Waals surface area contributed by atoms with E-state index >= 15 is 0 Å². The van der Waals surface area contributed by atoms with Crippen LogP contribution >= 0.6 is 11.6 Å². The quantitative estimate of drug-likeness (QED) is 0.450. The molecule has 2 heterocycles. The Bertz CT molecular complexity index is 1210. The molecular weight excluding hydrogens is 547 g/mol. The lowest BCUT2D eigenvalue weighted by atomic mass is 9.82. The van der Waals surface area contributed by atoms with Gasteiger partial charge in [-0.1, -0.05) is 23.7 Å². The standard InChI is InChI=1S/C29H35ClF3N3O4/c1-2-40-23-5-3-4-21(17-23)28(39,29(31,32)33)27(38)36-14-10-20(11-15-36)16-19-8-12-35(13-9-19)22-6-7-24(26(34)37)25(30)18-22/h3-7,17-20,39H,2,8-16H2,1H3,(H2,34,37)/t28-/m1/s1. The third kappa shape index (κ3) is 6.33. The molecule has 11 heteroatoms. The van der Waals surface area contributed by atoms with Crippen LogP contribution in [-0.2, 0) is 10.4 Å². The Hall–Kier alpha value is -2.98. The molecule has 2 aromatic rings. The van der Waals surface area contributed by atoms with Crippen LogP contribution in [-0.4, -0.2) is 60.8 Å². The maximum Gasteiger partial charge on any atom is 0.430 e. The van der Waals surface area contributed by atoms with E-state index in [9.17, 15) is 27.9 Å². The number of anilines is 1. The van der Waals surface area contributed by atoms with Gasteiger partial charge in [-0.3, -0.25) is 9.59 Å². The van der Waals surface area contributed by atoms with Crippen molar-refractivity contribution in [3.63, 3.8) is 0 Å². The zero-order valence-corrected chi connectivity index (χ0v) is 23.2. The summed E-state index contributed by atoms with van der Waals surface area (Å²) < 4.78 is 47.8. The number of piperidine rings is 2. The van der Waals surface area contributed by atoms with E-state index in [2.05, 4.69) is 4.90 Å². The summed E-state index contributed by atoms with van der Waals surface area (Å²) in [7, 11) is 0. The minimum atomic E-state index is -5.19. The van der Waals surface area contributed by atoms with E-state index in [4.69, 9.17) is 22.1 Å². The van der Waals surface area contributed by atoms with E-state index in [-0.39, 0.29) is 31.0 Å². The highest BCUT2D eigenvalue weighted by atomic mass is 35.5. The third-order valence-corrected chi connectivity index (χ3v) is 8.36. The molecule has 2 saturated heterocycles. The number of amides is 2. The number of likely N-dealkylation sites (tertiary alicyclic amines) is 1. The Balaban J connectivity index is 1.32. The molecule has 40 heavy (non-hydrogen) atoms. The fourth-order valence-electron chi connectivity index (χ4n) is 5.79. The second-order valence-electron chi connectivity index (χ2n) is 10.6. The average Bonchev–Trinajstić information content (AvgIpc) is 2.92. The number of ether oxygens (including phenoxy) is 1. The molecule has 0 spiro atoms. The van der Waals surface area contributed by atoms with E-state index < -0.39 is 29.2 Å². The SMILES string of the molecule is CCOc1cccc([C@@](O)(C(=O)N2CCC(CC3CCN(c4ccc(C(N)=O)c(Cl)c4)CC3)CC2)C(F)(F)F)c1. The number of nitrogens with zero attached hydrogens (tertiary/aromatic N) is 2. The predicted octanol–water partition coefficient (Wildman–Crippen LogP) is 5.13. The molecule has 218 valence electrons. The summed E-state index contributed by atoms with van der Waals surface area (Å²) in [5.41, 5.74) is 2.37. The lowest BCUT2D eigenvalue weighted by molar-refractivity contribution is -0.262. The number of hydrogen-bond acceptors (Lipinski definition) is 5. The van der Waals surface area contributed by atoms with Crippen molar-refractivity contribution in [3.05, 3.63) is 58.6 Å². The maximum absolute atomic E-state index is 14.2. The van der Waals surface area contributed by atoms with Gasteiger partial charge in [-0.25, -0.2) is 0 Å². The zero-order chi connectivity index (χ0) is 29.1. The van der Waals surface area contributed by atoms with E-state index in [1.54, 1.807) is 19.1 Å². The number of aliphatic hydroxyl groups is 1. The van der Waals surface area contributed by atoms with E-state index in [1.165, 1.54) is 12.1 Å². The number of benzene rings is 2. The molecule has 2 aliphatic rings. The van der Waals surface area contributed by atoms with Gasteiger partial charge in [0.2, 0.25) is 5.91 Å². The van der Waals surface area contributed by atoms with E-state index in [0.29, 0.717) is 29.7 Å². The number of primary amides is 1. The fraction of sp³-hybridized carbons (Fsp3) is 0.517. The summed E-state index contributed by atoms with van der Waals surface area (Å²) in [4.78, 5) is 27.9. The van der Waals surface area contributed by atoms with Gasteiger partial charge in [0.1, 0.15) is 5.75 Å². The molecule has 0 aromatic heterocycles. The third-order valence-electron chi connectivity index (χ3n) is 8.05. The van der Waals surface area contributed by atoms with Gasteiger partial charge < -0.3 is 25.4 Å². The Morgan fingerprint density at radius 3 is 2.20 bits per heavy atom.